The van der Waals surface area contributed by atoms with E-state index in [1.807, 2.05) is 6.07 Å². The number of amides is 1. The number of carbonyl (C=O) groups is 2. The lowest BCUT2D eigenvalue weighted by Crippen LogP contribution is -2.26. The van der Waals surface area contributed by atoms with Crippen molar-refractivity contribution in [2.45, 2.75) is 6.54 Å². The van der Waals surface area contributed by atoms with Crippen LogP contribution in [0.4, 0.5) is 0 Å². The van der Waals surface area contributed by atoms with E-state index < -0.39 is 5.91 Å². The SMILES string of the molecule is CN(Cc1ccc2c(c1)OCO2)C(=O)C=O. The largest absolute Gasteiger partial charge is 0.454 e. The van der Waals surface area contributed by atoms with Crippen LogP contribution in [0.1, 0.15) is 5.56 Å². The summed E-state index contributed by atoms with van der Waals surface area (Å²) in [6.45, 7) is 0.593. The molecular weight excluding hydrogens is 210 g/mol. The molecule has 0 aromatic heterocycles. The highest BCUT2D eigenvalue weighted by molar-refractivity contribution is 6.23. The van der Waals surface area contributed by atoms with Crippen molar-refractivity contribution < 1.29 is 19.1 Å². The number of nitrogens with zero attached hydrogens (tertiary/aromatic N) is 1. The molecule has 0 radical (unpaired) electrons. The van der Waals surface area contributed by atoms with Gasteiger partial charge in [0.15, 0.2) is 11.5 Å². The third-order valence-electron chi connectivity index (χ3n) is 2.33. The minimum absolute atomic E-state index is 0.224. The number of carbonyl (C=O) groups excluding carboxylic acids is 2. The molecule has 0 N–H and O–H groups in total. The first kappa shape index (κ1) is 10.5. The molecule has 5 nitrogen and oxygen atoms in total. The van der Waals surface area contributed by atoms with Gasteiger partial charge in [-0.05, 0) is 17.7 Å². The van der Waals surface area contributed by atoms with Gasteiger partial charge < -0.3 is 14.4 Å². The number of fused-ring (bicyclic) bond motifs is 1. The molecule has 1 aromatic rings. The quantitative estimate of drug-likeness (QED) is 0.553. The fourth-order valence-corrected chi connectivity index (χ4v) is 1.48. The molecule has 0 fully saturated rings. The van der Waals surface area contributed by atoms with E-state index in [1.165, 1.54) is 4.90 Å². The molecule has 1 amide bonds. The van der Waals surface area contributed by atoms with Crippen molar-refractivity contribution in [1.29, 1.82) is 0 Å². The summed E-state index contributed by atoms with van der Waals surface area (Å²) in [6, 6.07) is 5.43. The number of hydrogen-bond donors (Lipinski definition) is 0. The Morgan fingerprint density at radius 2 is 2.19 bits per heavy atom. The monoisotopic (exact) mass is 221 g/mol. The number of benzene rings is 1. The Bertz CT molecular complexity index is 430. The molecule has 0 bridgehead atoms. The first-order valence-corrected chi connectivity index (χ1v) is 4.79. The molecule has 2 rings (SSSR count). The van der Waals surface area contributed by atoms with Gasteiger partial charge in [-0.3, -0.25) is 9.59 Å². The topological polar surface area (TPSA) is 55.8 Å². The average molecular weight is 221 g/mol. The zero-order valence-corrected chi connectivity index (χ0v) is 8.80. The minimum atomic E-state index is -0.544. The summed E-state index contributed by atoms with van der Waals surface area (Å²) in [5, 5.41) is 0. The lowest BCUT2D eigenvalue weighted by molar-refractivity contribution is -0.138. The molecule has 84 valence electrons. The third kappa shape index (κ3) is 1.98. The highest BCUT2D eigenvalue weighted by Crippen LogP contribution is 2.32. The van der Waals surface area contributed by atoms with Crippen molar-refractivity contribution in [3.05, 3.63) is 23.8 Å². The van der Waals surface area contributed by atoms with Crippen LogP contribution in [-0.2, 0) is 16.1 Å². The summed E-state index contributed by atoms with van der Waals surface area (Å²) in [6.07, 6.45) is 0.299. The van der Waals surface area contributed by atoms with E-state index in [-0.39, 0.29) is 6.79 Å². The highest BCUT2D eigenvalue weighted by Gasteiger charge is 2.14. The van der Waals surface area contributed by atoms with Crippen molar-refractivity contribution in [2.75, 3.05) is 13.8 Å². The predicted octanol–water partition coefficient (Wildman–Crippen LogP) is 0.573. The van der Waals surface area contributed by atoms with Gasteiger partial charge in [0.2, 0.25) is 13.1 Å². The Balaban J connectivity index is 2.10. The fraction of sp³-hybridized carbons (Fsp3) is 0.273. The standard InChI is InChI=1S/C11H11NO4/c1-12(11(14)6-13)5-8-2-3-9-10(4-8)16-7-15-9/h2-4,6H,5,7H2,1H3. The van der Waals surface area contributed by atoms with Crippen LogP contribution in [-0.4, -0.2) is 30.9 Å². The van der Waals surface area contributed by atoms with E-state index in [0.29, 0.717) is 24.3 Å². The third-order valence-corrected chi connectivity index (χ3v) is 2.33. The normalized spacial score (nSPS) is 12.3. The molecule has 0 spiro atoms. The van der Waals surface area contributed by atoms with Crippen molar-refractivity contribution >= 4 is 12.2 Å². The molecule has 0 unspecified atom stereocenters. The summed E-state index contributed by atoms with van der Waals surface area (Å²) in [7, 11) is 1.57. The number of aldehydes is 1. The molecule has 1 aromatic carbocycles. The van der Waals surface area contributed by atoms with Gasteiger partial charge in [0, 0.05) is 13.6 Å². The molecule has 16 heavy (non-hydrogen) atoms. The lowest BCUT2D eigenvalue weighted by atomic mass is 10.2. The molecule has 0 saturated heterocycles. The molecule has 1 aliphatic rings. The van der Waals surface area contributed by atoms with Crippen LogP contribution < -0.4 is 9.47 Å². The second-order valence-corrected chi connectivity index (χ2v) is 3.50. The Morgan fingerprint density at radius 3 is 2.94 bits per heavy atom. The van der Waals surface area contributed by atoms with Crippen LogP contribution in [0.15, 0.2) is 18.2 Å². The smallest absolute Gasteiger partial charge is 0.286 e. The minimum Gasteiger partial charge on any atom is -0.454 e. The maximum Gasteiger partial charge on any atom is 0.286 e. The van der Waals surface area contributed by atoms with Crippen LogP contribution >= 0.6 is 0 Å². The molecule has 0 atom stereocenters. The van der Waals surface area contributed by atoms with Gasteiger partial charge >= 0.3 is 0 Å². The van der Waals surface area contributed by atoms with Crippen molar-refractivity contribution in [1.82, 2.24) is 4.90 Å². The second kappa shape index (κ2) is 4.22. The summed E-state index contributed by atoms with van der Waals surface area (Å²) >= 11 is 0. The van der Waals surface area contributed by atoms with E-state index in [1.54, 1.807) is 19.2 Å². The Kier molecular flexibility index (Phi) is 2.76. The molecule has 0 saturated carbocycles. The predicted molar refractivity (Wildman–Crippen MR) is 55.1 cm³/mol. The highest BCUT2D eigenvalue weighted by atomic mass is 16.7. The number of rotatable bonds is 3. The lowest BCUT2D eigenvalue weighted by Gasteiger charge is -2.13. The molecule has 1 heterocycles. The molecule has 0 aliphatic carbocycles. The molecule has 1 aliphatic heterocycles. The van der Waals surface area contributed by atoms with E-state index in [4.69, 9.17) is 9.47 Å². The Labute approximate surface area is 92.6 Å². The van der Waals surface area contributed by atoms with Crippen LogP contribution in [0.5, 0.6) is 11.5 Å². The van der Waals surface area contributed by atoms with Crippen molar-refractivity contribution in [3.8, 4) is 11.5 Å². The maximum absolute atomic E-state index is 11.1. The van der Waals surface area contributed by atoms with E-state index >= 15 is 0 Å². The second-order valence-electron chi connectivity index (χ2n) is 3.50. The van der Waals surface area contributed by atoms with E-state index in [0.717, 1.165) is 5.56 Å². The zero-order chi connectivity index (χ0) is 11.5. The van der Waals surface area contributed by atoms with E-state index in [2.05, 4.69) is 0 Å². The Hall–Kier alpha value is -2.04. The van der Waals surface area contributed by atoms with Crippen LogP contribution in [0, 0.1) is 0 Å². The van der Waals surface area contributed by atoms with Gasteiger partial charge in [0.05, 0.1) is 0 Å². The average Bonchev–Trinajstić information content (AvgIpc) is 2.75. The number of ether oxygens (including phenoxy) is 2. The van der Waals surface area contributed by atoms with Crippen LogP contribution in [0.2, 0.25) is 0 Å². The van der Waals surface area contributed by atoms with Gasteiger partial charge in [-0.25, -0.2) is 0 Å². The van der Waals surface area contributed by atoms with Crippen LogP contribution in [0.3, 0.4) is 0 Å². The van der Waals surface area contributed by atoms with Crippen molar-refractivity contribution in [2.24, 2.45) is 0 Å². The summed E-state index contributed by atoms with van der Waals surface area (Å²) < 4.78 is 10.4. The van der Waals surface area contributed by atoms with Crippen LogP contribution in [0.25, 0.3) is 0 Å². The van der Waals surface area contributed by atoms with Gasteiger partial charge in [0.1, 0.15) is 0 Å². The number of likely N-dealkylation sites (N-methyl/N-ethyl adjacent to an activating group) is 1. The van der Waals surface area contributed by atoms with Gasteiger partial charge in [-0.15, -0.1) is 0 Å². The van der Waals surface area contributed by atoms with Gasteiger partial charge in [-0.2, -0.15) is 0 Å². The maximum atomic E-state index is 11.1. The van der Waals surface area contributed by atoms with Crippen molar-refractivity contribution in [3.63, 3.8) is 0 Å². The summed E-state index contributed by atoms with van der Waals surface area (Å²) in [5.74, 6) is 0.829. The summed E-state index contributed by atoms with van der Waals surface area (Å²) in [4.78, 5) is 22.7. The zero-order valence-electron chi connectivity index (χ0n) is 8.80. The molecule has 5 heteroatoms. The van der Waals surface area contributed by atoms with Gasteiger partial charge in [-0.1, -0.05) is 6.07 Å². The first-order valence-electron chi connectivity index (χ1n) is 4.79. The number of hydrogen-bond acceptors (Lipinski definition) is 4. The Morgan fingerprint density at radius 1 is 1.44 bits per heavy atom. The van der Waals surface area contributed by atoms with Gasteiger partial charge in [0.25, 0.3) is 5.91 Å². The summed E-state index contributed by atoms with van der Waals surface area (Å²) in [5.41, 5.74) is 0.891. The fourth-order valence-electron chi connectivity index (χ4n) is 1.48. The molecular formula is C11H11NO4. The van der Waals surface area contributed by atoms with E-state index in [9.17, 15) is 9.59 Å². The first-order chi connectivity index (χ1) is 7.70.